The first-order valence-electron chi connectivity index (χ1n) is 5.27. The molecule has 2 aliphatic rings. The first-order chi connectivity index (χ1) is 7.17. The molecule has 2 aliphatic heterocycles. The zero-order chi connectivity index (χ0) is 10.9. The third-order valence-electron chi connectivity index (χ3n) is 3.53. The van der Waals surface area contributed by atoms with Crippen molar-refractivity contribution in [2.24, 2.45) is 5.41 Å². The lowest BCUT2D eigenvalue weighted by atomic mass is 9.81. The fourth-order valence-electron chi connectivity index (χ4n) is 2.58. The van der Waals surface area contributed by atoms with Crippen molar-refractivity contribution < 1.29 is 14.6 Å². The molecule has 2 rings (SSSR count). The van der Waals surface area contributed by atoms with Crippen LogP contribution in [0.2, 0.25) is 0 Å². The van der Waals surface area contributed by atoms with Crippen LogP contribution < -0.4 is 0 Å². The second kappa shape index (κ2) is 4.22. The first kappa shape index (κ1) is 11.1. The molecular formula is C10H17NO3S. The summed E-state index contributed by atoms with van der Waals surface area (Å²) in [5.74, 6) is 2.31. The van der Waals surface area contributed by atoms with Gasteiger partial charge in [-0.15, -0.1) is 0 Å². The Labute approximate surface area is 94.0 Å². The van der Waals surface area contributed by atoms with E-state index >= 15 is 0 Å². The van der Waals surface area contributed by atoms with E-state index in [1.165, 1.54) is 4.90 Å². The van der Waals surface area contributed by atoms with Gasteiger partial charge in [0.25, 0.3) is 0 Å². The second-order valence-electron chi connectivity index (χ2n) is 4.42. The van der Waals surface area contributed by atoms with Gasteiger partial charge in [-0.05, 0) is 36.2 Å². The van der Waals surface area contributed by atoms with Crippen molar-refractivity contribution in [1.29, 1.82) is 0 Å². The molecule has 0 aromatic rings. The molecule has 2 heterocycles. The topological polar surface area (TPSA) is 49.8 Å². The van der Waals surface area contributed by atoms with E-state index in [9.17, 15) is 4.79 Å². The number of likely N-dealkylation sites (tertiary alicyclic amines) is 1. The standard InChI is InChI=1S/C10H17NO3S/c1-14-8-6-10(2-4-15-5-3-10)7-11(8)9(12)13/h8H,2-7H2,1H3,(H,12,13). The lowest BCUT2D eigenvalue weighted by Crippen LogP contribution is -2.36. The number of carbonyl (C=O) groups is 1. The quantitative estimate of drug-likeness (QED) is 0.748. The molecule has 86 valence electrons. The maximum Gasteiger partial charge on any atom is 0.409 e. The number of rotatable bonds is 1. The third-order valence-corrected chi connectivity index (χ3v) is 4.52. The first-order valence-corrected chi connectivity index (χ1v) is 6.42. The molecule has 0 aromatic carbocycles. The Morgan fingerprint density at radius 1 is 1.53 bits per heavy atom. The summed E-state index contributed by atoms with van der Waals surface area (Å²) in [6, 6.07) is 0. The number of hydrogen-bond donors (Lipinski definition) is 1. The van der Waals surface area contributed by atoms with Gasteiger partial charge in [0.2, 0.25) is 0 Å². The van der Waals surface area contributed by atoms with E-state index < -0.39 is 6.09 Å². The van der Waals surface area contributed by atoms with Crippen LogP contribution >= 0.6 is 11.8 Å². The molecular weight excluding hydrogens is 214 g/mol. The summed E-state index contributed by atoms with van der Waals surface area (Å²) in [6.07, 6.45) is 2.04. The molecule has 4 nitrogen and oxygen atoms in total. The van der Waals surface area contributed by atoms with Crippen molar-refractivity contribution in [2.45, 2.75) is 25.5 Å². The molecule has 1 unspecified atom stereocenters. The van der Waals surface area contributed by atoms with Gasteiger partial charge in [-0.25, -0.2) is 4.79 Å². The van der Waals surface area contributed by atoms with E-state index in [2.05, 4.69) is 0 Å². The van der Waals surface area contributed by atoms with Gasteiger partial charge in [0.15, 0.2) is 0 Å². The summed E-state index contributed by atoms with van der Waals surface area (Å²) in [4.78, 5) is 12.5. The Morgan fingerprint density at radius 3 is 2.67 bits per heavy atom. The molecule has 2 saturated heterocycles. The second-order valence-corrected chi connectivity index (χ2v) is 5.64. The van der Waals surface area contributed by atoms with Gasteiger partial charge in [0.1, 0.15) is 6.23 Å². The summed E-state index contributed by atoms with van der Waals surface area (Å²) >= 11 is 1.97. The summed E-state index contributed by atoms with van der Waals surface area (Å²) < 4.78 is 5.25. The minimum Gasteiger partial charge on any atom is -0.465 e. The normalized spacial score (nSPS) is 29.7. The summed E-state index contributed by atoms with van der Waals surface area (Å²) in [6.45, 7) is 0.654. The van der Waals surface area contributed by atoms with E-state index in [1.807, 2.05) is 11.8 Å². The number of ether oxygens (including phenoxy) is 1. The Bertz CT molecular complexity index is 253. The smallest absolute Gasteiger partial charge is 0.409 e. The van der Waals surface area contributed by atoms with Crippen molar-refractivity contribution in [3.05, 3.63) is 0 Å². The highest BCUT2D eigenvalue weighted by atomic mass is 32.2. The lowest BCUT2D eigenvalue weighted by molar-refractivity contribution is 0.00347. The number of amides is 1. The van der Waals surface area contributed by atoms with Crippen molar-refractivity contribution in [3.63, 3.8) is 0 Å². The van der Waals surface area contributed by atoms with Gasteiger partial charge in [-0.1, -0.05) is 0 Å². The van der Waals surface area contributed by atoms with Crippen LogP contribution in [0.25, 0.3) is 0 Å². The van der Waals surface area contributed by atoms with Gasteiger partial charge < -0.3 is 9.84 Å². The fourth-order valence-corrected chi connectivity index (χ4v) is 3.94. The van der Waals surface area contributed by atoms with Crippen molar-refractivity contribution >= 4 is 17.9 Å². The molecule has 0 aromatic heterocycles. The van der Waals surface area contributed by atoms with Crippen LogP contribution in [-0.2, 0) is 4.74 Å². The lowest BCUT2D eigenvalue weighted by Gasteiger charge is -2.32. The summed E-state index contributed by atoms with van der Waals surface area (Å²) in [5, 5.41) is 9.07. The number of methoxy groups -OCH3 is 1. The summed E-state index contributed by atoms with van der Waals surface area (Å²) in [5.41, 5.74) is 0.199. The average molecular weight is 231 g/mol. The van der Waals surface area contributed by atoms with Crippen LogP contribution in [0.15, 0.2) is 0 Å². The van der Waals surface area contributed by atoms with Crippen molar-refractivity contribution in [1.82, 2.24) is 4.90 Å². The maximum atomic E-state index is 11.0. The van der Waals surface area contributed by atoms with E-state index in [-0.39, 0.29) is 11.6 Å². The highest BCUT2D eigenvalue weighted by Crippen LogP contribution is 2.45. The van der Waals surface area contributed by atoms with Crippen molar-refractivity contribution in [2.75, 3.05) is 25.2 Å². The average Bonchev–Trinajstić information content (AvgIpc) is 2.58. The minimum atomic E-state index is -0.850. The van der Waals surface area contributed by atoms with Gasteiger partial charge in [0.05, 0.1) is 0 Å². The van der Waals surface area contributed by atoms with Crippen LogP contribution in [0.3, 0.4) is 0 Å². The molecule has 1 spiro atoms. The fraction of sp³-hybridized carbons (Fsp3) is 0.900. The minimum absolute atomic E-state index is 0.199. The molecule has 0 aliphatic carbocycles. The van der Waals surface area contributed by atoms with E-state index in [4.69, 9.17) is 9.84 Å². The monoisotopic (exact) mass is 231 g/mol. The van der Waals surface area contributed by atoms with Gasteiger partial charge in [0, 0.05) is 13.7 Å². The largest absolute Gasteiger partial charge is 0.465 e. The molecule has 1 N–H and O–H groups in total. The van der Waals surface area contributed by atoms with Crippen LogP contribution in [0.1, 0.15) is 19.3 Å². The highest BCUT2D eigenvalue weighted by molar-refractivity contribution is 7.99. The van der Waals surface area contributed by atoms with Crippen LogP contribution in [-0.4, -0.2) is 47.5 Å². The van der Waals surface area contributed by atoms with Crippen molar-refractivity contribution in [3.8, 4) is 0 Å². The predicted molar refractivity (Wildman–Crippen MR) is 59.1 cm³/mol. The Hall–Kier alpha value is -0.420. The van der Waals surface area contributed by atoms with Gasteiger partial charge in [-0.2, -0.15) is 11.8 Å². The van der Waals surface area contributed by atoms with Crippen LogP contribution in [0.4, 0.5) is 4.79 Å². The Morgan fingerprint density at radius 2 is 2.20 bits per heavy atom. The third kappa shape index (κ3) is 2.08. The zero-order valence-corrected chi connectivity index (χ0v) is 9.76. The Kier molecular flexibility index (Phi) is 3.11. The van der Waals surface area contributed by atoms with E-state index in [1.54, 1.807) is 7.11 Å². The Balaban J connectivity index is 2.08. The molecule has 1 amide bonds. The molecule has 0 radical (unpaired) electrons. The summed E-state index contributed by atoms with van der Waals surface area (Å²) in [7, 11) is 1.59. The van der Waals surface area contributed by atoms with Crippen LogP contribution in [0, 0.1) is 5.41 Å². The maximum absolute atomic E-state index is 11.0. The van der Waals surface area contributed by atoms with E-state index in [0.717, 1.165) is 30.8 Å². The van der Waals surface area contributed by atoms with E-state index in [0.29, 0.717) is 6.54 Å². The molecule has 0 saturated carbocycles. The number of thioether (sulfide) groups is 1. The molecule has 2 fully saturated rings. The zero-order valence-electron chi connectivity index (χ0n) is 8.94. The predicted octanol–water partition coefficient (Wildman–Crippen LogP) is 1.86. The van der Waals surface area contributed by atoms with Gasteiger partial charge in [-0.3, -0.25) is 4.90 Å². The molecule has 5 heteroatoms. The number of nitrogens with zero attached hydrogens (tertiary/aromatic N) is 1. The van der Waals surface area contributed by atoms with Gasteiger partial charge >= 0.3 is 6.09 Å². The molecule has 15 heavy (non-hydrogen) atoms. The number of hydrogen-bond acceptors (Lipinski definition) is 3. The molecule has 0 bridgehead atoms. The van der Waals surface area contributed by atoms with Crippen LogP contribution in [0.5, 0.6) is 0 Å². The number of carboxylic acid groups (broad SMARTS) is 1. The highest BCUT2D eigenvalue weighted by Gasteiger charge is 2.46. The molecule has 1 atom stereocenters. The SMILES string of the molecule is COC1CC2(CCSCC2)CN1C(=O)O.